The second kappa shape index (κ2) is 8.19. The lowest BCUT2D eigenvalue weighted by Gasteiger charge is -2.32. The van der Waals surface area contributed by atoms with Crippen LogP contribution >= 0.6 is 23.2 Å². The number of carbonyl (C=O) groups excluding carboxylic acids is 1. The molecule has 0 bridgehead atoms. The van der Waals surface area contributed by atoms with Crippen LogP contribution in [0.3, 0.4) is 0 Å². The van der Waals surface area contributed by atoms with Gasteiger partial charge in [-0.1, -0.05) is 23.2 Å². The number of ether oxygens (including phenoxy) is 2. The number of hydrogen-bond donors (Lipinski definition) is 2. The zero-order chi connectivity index (χ0) is 19.7. The standard InChI is InChI=1S/C21H22Cl2N2O3/c1-13-18-11-20-19(27-5-2-6-28-20)7-14(18)3-4-25(13)12-21(26)24-17-9-15(22)8-16(23)10-17/h7-11,13H,2-6,12H2,1H3,(H,24,26)/p+1/t13-/m0/s1. The molecule has 2 aromatic carbocycles. The van der Waals surface area contributed by atoms with Crippen molar-refractivity contribution in [1.29, 1.82) is 0 Å². The monoisotopic (exact) mass is 421 g/mol. The number of halogens is 2. The van der Waals surface area contributed by atoms with E-state index in [1.54, 1.807) is 18.2 Å². The number of nitrogens with one attached hydrogen (secondary N) is 2. The Morgan fingerprint density at radius 2 is 1.79 bits per heavy atom. The Hall–Kier alpha value is -1.95. The van der Waals surface area contributed by atoms with Crippen molar-refractivity contribution in [2.75, 3.05) is 31.6 Å². The molecule has 0 saturated heterocycles. The number of rotatable bonds is 3. The first-order chi connectivity index (χ1) is 13.5. The number of amides is 1. The zero-order valence-electron chi connectivity index (χ0n) is 15.7. The molecule has 7 heteroatoms. The number of hydrogen-bond acceptors (Lipinski definition) is 3. The molecule has 0 radical (unpaired) electrons. The van der Waals surface area contributed by atoms with Gasteiger partial charge in [0.05, 0.1) is 19.8 Å². The highest BCUT2D eigenvalue weighted by Gasteiger charge is 2.31. The van der Waals surface area contributed by atoms with Gasteiger partial charge in [-0.25, -0.2) is 0 Å². The van der Waals surface area contributed by atoms with Crippen LogP contribution < -0.4 is 19.7 Å². The van der Waals surface area contributed by atoms with E-state index in [4.69, 9.17) is 32.7 Å². The highest BCUT2D eigenvalue weighted by Crippen LogP contribution is 2.35. The maximum atomic E-state index is 12.6. The number of carbonyl (C=O) groups is 1. The summed E-state index contributed by atoms with van der Waals surface area (Å²) in [5.41, 5.74) is 3.12. The number of fused-ring (bicyclic) bond motifs is 2. The SMILES string of the molecule is C[C@H]1c2cc3c(cc2CC[NH+]1CC(=O)Nc1cc(Cl)cc(Cl)c1)OCCCO3. The van der Waals surface area contributed by atoms with Crippen molar-refractivity contribution in [3.63, 3.8) is 0 Å². The first-order valence-electron chi connectivity index (χ1n) is 9.52. The smallest absolute Gasteiger partial charge is 0.279 e. The van der Waals surface area contributed by atoms with E-state index in [0.29, 0.717) is 35.5 Å². The fraction of sp³-hybridized carbons (Fsp3) is 0.381. The van der Waals surface area contributed by atoms with Gasteiger partial charge < -0.3 is 19.7 Å². The minimum atomic E-state index is -0.0574. The van der Waals surface area contributed by atoms with Crippen LogP contribution in [0.2, 0.25) is 10.0 Å². The highest BCUT2D eigenvalue weighted by atomic mass is 35.5. The van der Waals surface area contributed by atoms with Crippen molar-refractivity contribution >= 4 is 34.8 Å². The lowest BCUT2D eigenvalue weighted by atomic mass is 9.93. The van der Waals surface area contributed by atoms with Gasteiger partial charge in [-0.05, 0) is 42.8 Å². The Labute approximate surface area is 174 Å². The van der Waals surface area contributed by atoms with E-state index in [1.165, 1.54) is 16.0 Å². The predicted octanol–water partition coefficient (Wildman–Crippen LogP) is 3.30. The van der Waals surface area contributed by atoms with Crippen LogP contribution in [0.5, 0.6) is 11.5 Å². The largest absolute Gasteiger partial charge is 0.490 e. The van der Waals surface area contributed by atoms with Gasteiger partial charge in [0.1, 0.15) is 6.04 Å². The van der Waals surface area contributed by atoms with E-state index in [0.717, 1.165) is 30.9 Å². The molecular formula is C21H23Cl2N2O3+. The second-order valence-electron chi connectivity index (χ2n) is 7.31. The van der Waals surface area contributed by atoms with E-state index in [2.05, 4.69) is 24.4 Å². The van der Waals surface area contributed by atoms with Gasteiger partial charge >= 0.3 is 0 Å². The molecule has 2 heterocycles. The lowest BCUT2D eigenvalue weighted by molar-refractivity contribution is -0.924. The van der Waals surface area contributed by atoms with Crippen LogP contribution in [-0.4, -0.2) is 32.2 Å². The summed E-state index contributed by atoms with van der Waals surface area (Å²) in [4.78, 5) is 13.8. The Kier molecular flexibility index (Phi) is 5.67. The molecule has 4 rings (SSSR count). The number of quaternary nitrogens is 1. The third-order valence-corrected chi connectivity index (χ3v) is 5.77. The van der Waals surface area contributed by atoms with Crippen molar-refractivity contribution in [3.8, 4) is 11.5 Å². The fourth-order valence-corrected chi connectivity index (χ4v) is 4.42. The molecule has 0 aromatic heterocycles. The molecule has 2 atom stereocenters. The maximum absolute atomic E-state index is 12.6. The maximum Gasteiger partial charge on any atom is 0.279 e. The molecular weight excluding hydrogens is 399 g/mol. The molecule has 0 aliphatic carbocycles. The van der Waals surface area contributed by atoms with E-state index < -0.39 is 0 Å². The van der Waals surface area contributed by atoms with Gasteiger partial charge in [-0.3, -0.25) is 4.79 Å². The van der Waals surface area contributed by atoms with E-state index in [9.17, 15) is 4.79 Å². The van der Waals surface area contributed by atoms with Crippen molar-refractivity contribution in [2.24, 2.45) is 0 Å². The van der Waals surface area contributed by atoms with Gasteiger partial charge in [0, 0.05) is 34.1 Å². The van der Waals surface area contributed by atoms with Crippen LogP contribution in [0.15, 0.2) is 30.3 Å². The molecule has 2 N–H and O–H groups in total. The highest BCUT2D eigenvalue weighted by molar-refractivity contribution is 6.35. The quantitative estimate of drug-likeness (QED) is 0.799. The molecule has 0 spiro atoms. The van der Waals surface area contributed by atoms with Crippen LogP contribution in [0.4, 0.5) is 5.69 Å². The molecule has 0 fully saturated rings. The molecule has 2 aliphatic rings. The Bertz CT molecular complexity index is 883. The van der Waals surface area contributed by atoms with Crippen molar-refractivity contribution in [3.05, 3.63) is 51.5 Å². The molecule has 1 unspecified atom stereocenters. The third kappa shape index (κ3) is 4.22. The summed E-state index contributed by atoms with van der Waals surface area (Å²) in [6.07, 6.45) is 1.79. The molecule has 2 aromatic rings. The van der Waals surface area contributed by atoms with Crippen LogP contribution in [0.25, 0.3) is 0 Å². The summed E-state index contributed by atoms with van der Waals surface area (Å²) in [5, 5.41) is 3.90. The molecule has 28 heavy (non-hydrogen) atoms. The minimum absolute atomic E-state index is 0.0574. The van der Waals surface area contributed by atoms with Gasteiger partial charge in [0.2, 0.25) is 0 Å². The summed E-state index contributed by atoms with van der Waals surface area (Å²) in [7, 11) is 0. The summed E-state index contributed by atoms with van der Waals surface area (Å²) in [6, 6.07) is 9.42. The van der Waals surface area contributed by atoms with Gasteiger partial charge in [0.25, 0.3) is 5.91 Å². The van der Waals surface area contributed by atoms with Gasteiger partial charge in [-0.2, -0.15) is 0 Å². The van der Waals surface area contributed by atoms with Crippen molar-refractivity contribution in [2.45, 2.75) is 25.8 Å². The zero-order valence-corrected chi connectivity index (χ0v) is 17.2. The third-order valence-electron chi connectivity index (χ3n) is 5.34. The molecule has 148 valence electrons. The van der Waals surface area contributed by atoms with E-state index >= 15 is 0 Å². The van der Waals surface area contributed by atoms with Crippen LogP contribution in [0, 0.1) is 0 Å². The predicted molar refractivity (Wildman–Crippen MR) is 110 cm³/mol. The average Bonchev–Trinajstić information content (AvgIpc) is 2.86. The molecule has 2 aliphatic heterocycles. The average molecular weight is 422 g/mol. The topological polar surface area (TPSA) is 52.0 Å². The van der Waals surface area contributed by atoms with Crippen LogP contribution in [0.1, 0.15) is 30.5 Å². The summed E-state index contributed by atoms with van der Waals surface area (Å²) in [5.74, 6) is 1.59. The lowest BCUT2D eigenvalue weighted by Crippen LogP contribution is -3.14. The first kappa shape index (κ1) is 19.4. The number of anilines is 1. The molecule has 5 nitrogen and oxygen atoms in total. The number of benzene rings is 2. The summed E-state index contributed by atoms with van der Waals surface area (Å²) >= 11 is 12.0. The second-order valence-corrected chi connectivity index (χ2v) is 8.18. The normalized spacial score (nSPS) is 20.8. The van der Waals surface area contributed by atoms with Crippen LogP contribution in [-0.2, 0) is 11.2 Å². The first-order valence-corrected chi connectivity index (χ1v) is 10.3. The van der Waals surface area contributed by atoms with Crippen molar-refractivity contribution in [1.82, 2.24) is 0 Å². The van der Waals surface area contributed by atoms with E-state index in [1.807, 2.05) is 0 Å². The fourth-order valence-electron chi connectivity index (χ4n) is 3.90. The minimum Gasteiger partial charge on any atom is -0.490 e. The molecule has 1 amide bonds. The Morgan fingerprint density at radius 1 is 1.11 bits per heavy atom. The van der Waals surface area contributed by atoms with Gasteiger partial charge in [-0.15, -0.1) is 0 Å². The molecule has 0 saturated carbocycles. The Balaban J connectivity index is 1.47. The van der Waals surface area contributed by atoms with Gasteiger partial charge in [0.15, 0.2) is 18.0 Å². The summed E-state index contributed by atoms with van der Waals surface area (Å²) in [6.45, 7) is 4.77. The Morgan fingerprint density at radius 3 is 2.50 bits per heavy atom. The summed E-state index contributed by atoms with van der Waals surface area (Å²) < 4.78 is 11.7. The van der Waals surface area contributed by atoms with E-state index in [-0.39, 0.29) is 11.9 Å². The van der Waals surface area contributed by atoms with Crippen molar-refractivity contribution < 1.29 is 19.2 Å².